The molecule has 1 fully saturated rings. The average Bonchev–Trinajstić information content (AvgIpc) is 2.84. The zero-order chi connectivity index (χ0) is 15.5. The van der Waals surface area contributed by atoms with Gasteiger partial charge in [-0.05, 0) is 19.8 Å². The van der Waals surface area contributed by atoms with E-state index < -0.39 is 42.3 Å². The smallest absolute Gasteiger partial charge is 0.313 e. The Morgan fingerprint density at radius 3 is 2.48 bits per heavy atom. The molecule has 3 rings (SSSR count). The van der Waals surface area contributed by atoms with Crippen LogP contribution in [0.1, 0.15) is 54.5 Å². The number of aromatic nitrogens is 2. The number of hydrogen-bond donors (Lipinski definition) is 1. The summed E-state index contributed by atoms with van der Waals surface area (Å²) in [4.78, 5) is 0. The first-order valence-corrected chi connectivity index (χ1v) is 6.82. The van der Waals surface area contributed by atoms with E-state index >= 15 is 0 Å². The summed E-state index contributed by atoms with van der Waals surface area (Å²) in [6.45, 7) is 1.39. The lowest BCUT2D eigenvalue weighted by molar-refractivity contribution is -0.145. The summed E-state index contributed by atoms with van der Waals surface area (Å²) >= 11 is 0. The summed E-state index contributed by atoms with van der Waals surface area (Å²) in [6.07, 6.45) is -8.34. The van der Waals surface area contributed by atoms with Gasteiger partial charge in [-0.2, -0.15) is 13.9 Å². The Kier molecular flexibility index (Phi) is 3.27. The van der Waals surface area contributed by atoms with Crippen molar-refractivity contribution in [3.63, 3.8) is 0 Å². The molecule has 118 valence electrons. The van der Waals surface area contributed by atoms with Gasteiger partial charge < -0.3 is 5.11 Å². The fourth-order valence-electron chi connectivity index (χ4n) is 3.24. The standard InChI is InChI=1S/C13H15F5N2O/c1-5-9-10(11(16)13(17,18)12(9)21)20(19-5)6-2-3-7(14)8(15)4-6/h6-8,11-12,21H,2-4H2,1H3/t6-,7-,8+,11-,12+/m0/s1. The molecule has 1 heterocycles. The molecule has 0 spiro atoms. The van der Waals surface area contributed by atoms with E-state index in [0.29, 0.717) is 0 Å². The van der Waals surface area contributed by atoms with E-state index in [1.165, 1.54) is 6.92 Å². The van der Waals surface area contributed by atoms with E-state index in [-0.39, 0.29) is 30.5 Å². The Morgan fingerprint density at radius 2 is 1.86 bits per heavy atom. The number of hydrogen-bond acceptors (Lipinski definition) is 2. The van der Waals surface area contributed by atoms with Gasteiger partial charge in [0.25, 0.3) is 0 Å². The molecule has 3 nitrogen and oxygen atoms in total. The second-order valence-electron chi connectivity index (χ2n) is 5.77. The van der Waals surface area contributed by atoms with Crippen LogP contribution in [0.15, 0.2) is 0 Å². The van der Waals surface area contributed by atoms with Crippen molar-refractivity contribution in [1.29, 1.82) is 0 Å². The van der Waals surface area contributed by atoms with Gasteiger partial charge in [0.05, 0.1) is 17.4 Å². The molecule has 0 bridgehead atoms. The van der Waals surface area contributed by atoms with Crippen LogP contribution in [-0.4, -0.2) is 33.2 Å². The van der Waals surface area contributed by atoms with Crippen molar-refractivity contribution < 1.29 is 27.1 Å². The molecule has 0 amide bonds. The normalized spacial score (nSPS) is 38.5. The molecule has 0 radical (unpaired) electrons. The lowest BCUT2D eigenvalue weighted by Crippen LogP contribution is -2.31. The topological polar surface area (TPSA) is 38.0 Å². The van der Waals surface area contributed by atoms with Crippen molar-refractivity contribution in [2.75, 3.05) is 0 Å². The van der Waals surface area contributed by atoms with Gasteiger partial charge >= 0.3 is 5.92 Å². The first-order valence-electron chi connectivity index (χ1n) is 6.82. The summed E-state index contributed by atoms with van der Waals surface area (Å²) < 4.78 is 68.9. The van der Waals surface area contributed by atoms with Crippen molar-refractivity contribution in [1.82, 2.24) is 9.78 Å². The van der Waals surface area contributed by atoms with Crippen LogP contribution >= 0.6 is 0 Å². The molecule has 8 heteroatoms. The number of nitrogens with zero attached hydrogens (tertiary/aromatic N) is 2. The van der Waals surface area contributed by atoms with E-state index in [9.17, 15) is 27.1 Å². The zero-order valence-corrected chi connectivity index (χ0v) is 11.2. The molecule has 0 aliphatic heterocycles. The maximum Gasteiger partial charge on any atom is 0.313 e. The number of alkyl halides is 5. The summed E-state index contributed by atoms with van der Waals surface area (Å²) in [7, 11) is 0. The van der Waals surface area contributed by atoms with Crippen LogP contribution in [0.5, 0.6) is 0 Å². The molecule has 0 unspecified atom stereocenters. The number of rotatable bonds is 1. The van der Waals surface area contributed by atoms with Crippen molar-refractivity contribution in [3.8, 4) is 0 Å². The van der Waals surface area contributed by atoms with Crippen molar-refractivity contribution in [2.45, 2.75) is 62.8 Å². The molecule has 2 aliphatic carbocycles. The van der Waals surface area contributed by atoms with E-state index in [0.717, 1.165) is 4.68 Å². The highest BCUT2D eigenvalue weighted by Crippen LogP contribution is 2.54. The number of aliphatic hydroxyl groups excluding tert-OH is 1. The van der Waals surface area contributed by atoms with Gasteiger partial charge in [-0.1, -0.05) is 0 Å². The van der Waals surface area contributed by atoms with Gasteiger partial charge in [-0.15, -0.1) is 0 Å². The molecule has 5 atom stereocenters. The van der Waals surface area contributed by atoms with Crippen LogP contribution in [0, 0.1) is 6.92 Å². The highest BCUT2D eigenvalue weighted by atomic mass is 19.3. The lowest BCUT2D eigenvalue weighted by Gasteiger charge is -2.29. The SMILES string of the molecule is Cc1nn([C@H]2CC[C@H](F)[C@H](F)C2)c2c1[C@@H](O)C(F)(F)[C@H]2F. The van der Waals surface area contributed by atoms with E-state index in [2.05, 4.69) is 5.10 Å². The summed E-state index contributed by atoms with van der Waals surface area (Å²) in [5, 5.41) is 13.6. The molecule has 0 aromatic carbocycles. The Morgan fingerprint density at radius 1 is 1.19 bits per heavy atom. The van der Waals surface area contributed by atoms with Crippen LogP contribution in [-0.2, 0) is 0 Å². The predicted molar refractivity (Wildman–Crippen MR) is 63.4 cm³/mol. The van der Waals surface area contributed by atoms with Gasteiger partial charge in [0, 0.05) is 12.0 Å². The van der Waals surface area contributed by atoms with Gasteiger partial charge in [-0.3, -0.25) is 4.68 Å². The second-order valence-corrected chi connectivity index (χ2v) is 5.77. The lowest BCUT2D eigenvalue weighted by atomic mass is 9.92. The highest BCUT2D eigenvalue weighted by molar-refractivity contribution is 5.38. The zero-order valence-electron chi connectivity index (χ0n) is 11.2. The predicted octanol–water partition coefficient (Wildman–Crippen LogP) is 3.29. The molecule has 1 aromatic heterocycles. The summed E-state index contributed by atoms with van der Waals surface area (Å²) in [6, 6.07) is -0.672. The Balaban J connectivity index is 2.00. The molecular formula is C13H15F5N2O. The van der Waals surface area contributed by atoms with Crippen LogP contribution in [0.2, 0.25) is 0 Å². The Bertz CT molecular complexity index is 561. The van der Waals surface area contributed by atoms with Crippen molar-refractivity contribution >= 4 is 0 Å². The fourth-order valence-corrected chi connectivity index (χ4v) is 3.24. The van der Waals surface area contributed by atoms with E-state index in [1.54, 1.807) is 0 Å². The highest BCUT2D eigenvalue weighted by Gasteiger charge is 2.59. The number of aryl methyl sites for hydroxylation is 1. The summed E-state index contributed by atoms with van der Waals surface area (Å²) in [5.41, 5.74) is -0.542. The van der Waals surface area contributed by atoms with Gasteiger partial charge in [0.15, 0.2) is 0 Å². The third-order valence-corrected chi connectivity index (χ3v) is 4.40. The maximum absolute atomic E-state index is 14.0. The number of halogens is 5. The summed E-state index contributed by atoms with van der Waals surface area (Å²) in [5.74, 6) is -3.92. The minimum absolute atomic E-state index is 0.0601. The first kappa shape index (κ1) is 14.7. The minimum atomic E-state index is -3.92. The van der Waals surface area contributed by atoms with Crippen LogP contribution in [0.4, 0.5) is 22.0 Å². The van der Waals surface area contributed by atoms with Crippen LogP contribution < -0.4 is 0 Å². The monoisotopic (exact) mass is 310 g/mol. The Labute approximate surface area is 117 Å². The third kappa shape index (κ3) is 1.98. The van der Waals surface area contributed by atoms with Gasteiger partial charge in [0.2, 0.25) is 6.17 Å². The molecule has 1 N–H and O–H groups in total. The van der Waals surface area contributed by atoms with E-state index in [4.69, 9.17) is 0 Å². The fraction of sp³-hybridized carbons (Fsp3) is 0.769. The van der Waals surface area contributed by atoms with Crippen molar-refractivity contribution in [3.05, 3.63) is 17.0 Å². The van der Waals surface area contributed by atoms with Crippen LogP contribution in [0.25, 0.3) is 0 Å². The molecule has 1 saturated carbocycles. The van der Waals surface area contributed by atoms with Gasteiger partial charge in [-0.25, -0.2) is 13.2 Å². The van der Waals surface area contributed by atoms with Crippen LogP contribution in [0.3, 0.4) is 0 Å². The molecule has 21 heavy (non-hydrogen) atoms. The molecule has 1 aromatic rings. The number of aliphatic hydroxyl groups is 1. The quantitative estimate of drug-likeness (QED) is 0.808. The maximum atomic E-state index is 14.0. The van der Waals surface area contributed by atoms with Crippen molar-refractivity contribution in [2.24, 2.45) is 0 Å². The second kappa shape index (κ2) is 4.66. The first-order chi connectivity index (χ1) is 9.75. The average molecular weight is 310 g/mol. The molecule has 2 aliphatic rings. The molecule has 0 saturated heterocycles. The minimum Gasteiger partial charge on any atom is -0.382 e. The number of fused-ring (bicyclic) bond motifs is 1. The van der Waals surface area contributed by atoms with E-state index in [1.807, 2.05) is 0 Å². The third-order valence-electron chi connectivity index (χ3n) is 4.40. The largest absolute Gasteiger partial charge is 0.382 e. The molecular weight excluding hydrogens is 295 g/mol. The Hall–Kier alpha value is -1.18. The van der Waals surface area contributed by atoms with Gasteiger partial charge in [0.1, 0.15) is 18.4 Å².